The summed E-state index contributed by atoms with van der Waals surface area (Å²) >= 11 is 1.24. The smallest absolute Gasteiger partial charge is 0.213 e. The van der Waals surface area contributed by atoms with Gasteiger partial charge in [0.15, 0.2) is 12.6 Å². The maximum Gasteiger partial charge on any atom is 0.213 e. The average Bonchev–Trinajstić information content (AvgIpc) is 2.87. The lowest BCUT2D eigenvalue weighted by Gasteiger charge is -2.09. The molecule has 0 spiro atoms. The number of carbonyl (C=O) groups excluding carboxylic acids is 2. The number of thiophene rings is 1. The van der Waals surface area contributed by atoms with E-state index in [0.29, 0.717) is 41.8 Å². The van der Waals surface area contributed by atoms with Crippen molar-refractivity contribution >= 4 is 39.6 Å². The minimum absolute atomic E-state index is 0.407. The molecule has 0 saturated heterocycles. The van der Waals surface area contributed by atoms with Crippen LogP contribution in [-0.2, 0) is 10.0 Å². The predicted molar refractivity (Wildman–Crippen MR) is 89.5 cm³/mol. The first kappa shape index (κ1) is 18.8. The number of sulfonamides is 1. The number of carbonyl (C=O) groups is 2. The maximum atomic E-state index is 11.5. The van der Waals surface area contributed by atoms with E-state index in [4.69, 9.17) is 0 Å². The zero-order valence-corrected chi connectivity index (χ0v) is 14.4. The van der Waals surface area contributed by atoms with Gasteiger partial charge in [0.1, 0.15) is 0 Å². The summed E-state index contributed by atoms with van der Waals surface area (Å²) in [4.78, 5) is 22.1. The monoisotopic (exact) mass is 346 g/mol. The van der Waals surface area contributed by atoms with Gasteiger partial charge in [-0.15, -0.1) is 11.3 Å². The van der Waals surface area contributed by atoms with Crippen molar-refractivity contribution in [1.82, 2.24) is 4.72 Å². The van der Waals surface area contributed by atoms with Gasteiger partial charge in [0.05, 0.1) is 21.4 Å². The molecule has 1 rings (SSSR count). The first-order valence-electron chi connectivity index (χ1n) is 7.16. The summed E-state index contributed by atoms with van der Waals surface area (Å²) in [6.07, 6.45) is 3.85. The van der Waals surface area contributed by atoms with Crippen LogP contribution in [-0.4, -0.2) is 39.3 Å². The lowest BCUT2D eigenvalue weighted by Crippen LogP contribution is -2.31. The largest absolute Gasteiger partial charge is 0.384 e. The highest BCUT2D eigenvalue weighted by atomic mass is 32.2. The Morgan fingerprint density at radius 2 is 1.82 bits per heavy atom. The van der Waals surface area contributed by atoms with Gasteiger partial charge in [-0.25, -0.2) is 13.1 Å². The predicted octanol–water partition coefficient (Wildman–Crippen LogP) is 2.28. The van der Waals surface area contributed by atoms with Gasteiger partial charge in [-0.1, -0.05) is 6.42 Å². The molecule has 0 saturated carbocycles. The van der Waals surface area contributed by atoms with Crippen LogP contribution in [0.3, 0.4) is 0 Å². The molecule has 22 heavy (non-hydrogen) atoms. The van der Waals surface area contributed by atoms with Crippen molar-refractivity contribution in [3.8, 4) is 0 Å². The highest BCUT2D eigenvalue weighted by Gasteiger charge is 2.14. The first-order valence-corrected chi connectivity index (χ1v) is 9.59. The van der Waals surface area contributed by atoms with Crippen molar-refractivity contribution in [2.45, 2.75) is 38.4 Å². The van der Waals surface area contributed by atoms with Crippen LogP contribution in [0.1, 0.15) is 53.1 Å². The number of hydrogen-bond acceptors (Lipinski definition) is 6. The molecule has 124 valence electrons. The van der Waals surface area contributed by atoms with Gasteiger partial charge in [0.2, 0.25) is 10.0 Å². The van der Waals surface area contributed by atoms with E-state index >= 15 is 0 Å². The number of nitrogens with one attached hydrogen (secondary N) is 2. The molecule has 0 aliphatic rings. The molecule has 0 aromatic carbocycles. The molecule has 0 bridgehead atoms. The number of aldehydes is 2. The molecule has 0 aliphatic heterocycles. The van der Waals surface area contributed by atoms with Gasteiger partial charge in [0, 0.05) is 18.5 Å². The van der Waals surface area contributed by atoms with Gasteiger partial charge < -0.3 is 5.32 Å². The minimum atomic E-state index is -3.18. The van der Waals surface area contributed by atoms with E-state index in [1.807, 2.05) is 0 Å². The van der Waals surface area contributed by atoms with Crippen LogP contribution in [0.5, 0.6) is 0 Å². The van der Waals surface area contributed by atoms with Gasteiger partial charge in [0.25, 0.3) is 0 Å². The standard InChI is InChI=1S/C14H22N2O4S2/c1-11(2)22(19,20)16-7-5-3-4-6-15-13-10-21-14(9-18)12(13)8-17/h8-11,15-16H,3-7H2,1-2H3. The normalized spacial score (nSPS) is 11.6. The topological polar surface area (TPSA) is 92.3 Å². The van der Waals surface area contributed by atoms with Crippen molar-refractivity contribution in [2.24, 2.45) is 0 Å². The summed E-state index contributed by atoms with van der Waals surface area (Å²) in [7, 11) is -3.18. The number of rotatable bonds is 11. The molecule has 1 heterocycles. The molecule has 0 radical (unpaired) electrons. The second-order valence-corrected chi connectivity index (χ2v) is 8.37. The zero-order chi connectivity index (χ0) is 16.6. The summed E-state index contributed by atoms with van der Waals surface area (Å²) in [6, 6.07) is 0. The Balaban J connectivity index is 2.23. The molecule has 1 aromatic heterocycles. The van der Waals surface area contributed by atoms with E-state index in [0.717, 1.165) is 19.3 Å². The molecule has 6 nitrogen and oxygen atoms in total. The van der Waals surface area contributed by atoms with E-state index in [1.54, 1.807) is 19.2 Å². The molecular weight excluding hydrogens is 324 g/mol. The van der Waals surface area contributed by atoms with E-state index in [9.17, 15) is 18.0 Å². The summed E-state index contributed by atoms with van der Waals surface area (Å²) in [6.45, 7) is 4.40. The molecule has 0 aliphatic carbocycles. The third-order valence-corrected chi connectivity index (χ3v) is 5.95. The van der Waals surface area contributed by atoms with Gasteiger partial charge >= 0.3 is 0 Å². The molecular formula is C14H22N2O4S2. The van der Waals surface area contributed by atoms with Crippen LogP contribution in [0, 0.1) is 0 Å². The molecule has 1 aromatic rings. The molecule has 8 heteroatoms. The molecule has 0 fully saturated rings. The van der Waals surface area contributed by atoms with Gasteiger partial charge in [-0.3, -0.25) is 9.59 Å². The Kier molecular flexibility index (Phi) is 7.70. The first-order chi connectivity index (χ1) is 10.4. The summed E-state index contributed by atoms with van der Waals surface area (Å²) in [5.74, 6) is 0. The Labute approximate surface area is 135 Å². The van der Waals surface area contributed by atoms with E-state index in [2.05, 4.69) is 10.0 Å². The second-order valence-electron chi connectivity index (χ2n) is 5.14. The number of hydrogen-bond donors (Lipinski definition) is 2. The fraction of sp³-hybridized carbons (Fsp3) is 0.571. The fourth-order valence-electron chi connectivity index (χ4n) is 1.76. The maximum absolute atomic E-state index is 11.5. The Morgan fingerprint density at radius 1 is 1.14 bits per heavy atom. The minimum Gasteiger partial charge on any atom is -0.384 e. The van der Waals surface area contributed by atoms with Crippen molar-refractivity contribution < 1.29 is 18.0 Å². The lowest BCUT2D eigenvalue weighted by atomic mass is 10.2. The molecule has 2 N–H and O–H groups in total. The molecule has 0 atom stereocenters. The van der Waals surface area contributed by atoms with Crippen LogP contribution < -0.4 is 10.0 Å². The van der Waals surface area contributed by atoms with E-state index < -0.39 is 15.3 Å². The summed E-state index contributed by atoms with van der Waals surface area (Å²) in [5.41, 5.74) is 1.09. The quantitative estimate of drug-likeness (QED) is 0.474. The van der Waals surface area contributed by atoms with Crippen LogP contribution in [0.2, 0.25) is 0 Å². The highest BCUT2D eigenvalue weighted by Crippen LogP contribution is 2.24. The summed E-state index contributed by atoms with van der Waals surface area (Å²) in [5, 5.41) is 4.46. The second kappa shape index (κ2) is 9.02. The molecule has 0 unspecified atom stereocenters. The van der Waals surface area contributed by atoms with Gasteiger partial charge in [-0.2, -0.15) is 0 Å². The van der Waals surface area contributed by atoms with E-state index in [1.165, 1.54) is 11.3 Å². The third kappa shape index (κ3) is 5.51. The highest BCUT2D eigenvalue weighted by molar-refractivity contribution is 7.90. The lowest BCUT2D eigenvalue weighted by molar-refractivity contribution is 0.109. The van der Waals surface area contributed by atoms with Crippen LogP contribution >= 0.6 is 11.3 Å². The van der Waals surface area contributed by atoms with Crippen molar-refractivity contribution in [1.29, 1.82) is 0 Å². The number of anilines is 1. The van der Waals surface area contributed by atoms with Crippen LogP contribution in [0.4, 0.5) is 5.69 Å². The van der Waals surface area contributed by atoms with Crippen molar-refractivity contribution in [3.05, 3.63) is 15.8 Å². The van der Waals surface area contributed by atoms with Crippen molar-refractivity contribution in [3.63, 3.8) is 0 Å². The summed E-state index contributed by atoms with van der Waals surface area (Å²) < 4.78 is 25.6. The zero-order valence-electron chi connectivity index (χ0n) is 12.8. The van der Waals surface area contributed by atoms with Crippen LogP contribution in [0.25, 0.3) is 0 Å². The van der Waals surface area contributed by atoms with Crippen molar-refractivity contribution in [2.75, 3.05) is 18.4 Å². The SMILES string of the molecule is CC(C)S(=O)(=O)NCCCCCNc1csc(C=O)c1C=O. The fourth-order valence-corrected chi connectivity index (χ4v) is 3.32. The van der Waals surface area contributed by atoms with Gasteiger partial charge in [-0.05, 0) is 26.7 Å². The third-order valence-electron chi connectivity index (χ3n) is 3.18. The van der Waals surface area contributed by atoms with E-state index in [-0.39, 0.29) is 0 Å². The Bertz CT molecular complexity index is 594. The Hall–Kier alpha value is -1.25. The average molecular weight is 346 g/mol. The number of unbranched alkanes of at least 4 members (excludes halogenated alkanes) is 2. The molecule has 0 amide bonds. The Morgan fingerprint density at radius 3 is 2.41 bits per heavy atom. The van der Waals surface area contributed by atoms with Crippen LogP contribution in [0.15, 0.2) is 5.38 Å².